The number of hydrogen-bond acceptors (Lipinski definition) is 7. The van der Waals surface area contributed by atoms with Crippen LogP contribution in [0.2, 0.25) is 0 Å². The van der Waals surface area contributed by atoms with Gasteiger partial charge in [0.15, 0.2) is 5.82 Å². The fraction of sp³-hybridized carbons (Fsp3) is 0.391. The number of benzene rings is 1. The van der Waals surface area contributed by atoms with Gasteiger partial charge in [-0.05, 0) is 38.4 Å². The average Bonchev–Trinajstić information content (AvgIpc) is 3.45. The van der Waals surface area contributed by atoms with Crippen LogP contribution in [-0.2, 0) is 19.6 Å². The Balaban J connectivity index is 1.52. The predicted octanol–water partition coefficient (Wildman–Crippen LogP) is 4.57. The van der Waals surface area contributed by atoms with Crippen LogP contribution < -0.4 is 5.32 Å². The van der Waals surface area contributed by atoms with E-state index in [1.165, 1.54) is 30.4 Å². The molecule has 1 fully saturated rings. The Bertz CT molecular complexity index is 1150. The van der Waals surface area contributed by atoms with Gasteiger partial charge in [0.05, 0.1) is 18.5 Å². The molecule has 0 saturated carbocycles. The smallest absolute Gasteiger partial charge is 0.152 e. The lowest BCUT2D eigenvalue weighted by Gasteiger charge is -2.25. The first-order valence-electron chi connectivity index (χ1n) is 11.0. The summed E-state index contributed by atoms with van der Waals surface area (Å²) in [5.41, 5.74) is 2.35. The molecule has 1 N–H and O–H groups in total. The molecule has 0 bridgehead atoms. The molecule has 5 rings (SSSR count). The van der Waals surface area contributed by atoms with Crippen molar-refractivity contribution in [3.05, 3.63) is 53.7 Å². The number of hydrogen-bond donors (Lipinski definition) is 1. The highest BCUT2D eigenvalue weighted by molar-refractivity contribution is 7.17. The Morgan fingerprint density at radius 1 is 1.06 bits per heavy atom. The van der Waals surface area contributed by atoms with Gasteiger partial charge in [0.1, 0.15) is 22.8 Å². The Hall–Kier alpha value is -2.84. The summed E-state index contributed by atoms with van der Waals surface area (Å²) in [6, 6.07) is 10.5. The third kappa shape index (κ3) is 4.31. The number of aryl methyl sites for hydroxylation is 1. The molecule has 1 aliphatic heterocycles. The Kier molecular flexibility index (Phi) is 5.90. The molecule has 7 nitrogen and oxygen atoms in total. The second kappa shape index (κ2) is 9.11. The van der Waals surface area contributed by atoms with Crippen molar-refractivity contribution in [1.82, 2.24) is 29.6 Å². The first kappa shape index (κ1) is 20.1. The number of anilines is 1. The number of piperidine rings is 1. The molecule has 1 aliphatic rings. The molecule has 31 heavy (non-hydrogen) atoms. The number of fused-ring (bicyclic) bond motifs is 1. The normalized spacial score (nSPS) is 14.9. The molecule has 0 aliphatic carbocycles. The largest absolute Gasteiger partial charge is 0.362 e. The summed E-state index contributed by atoms with van der Waals surface area (Å²) >= 11 is 1.69. The first-order valence-corrected chi connectivity index (χ1v) is 11.9. The second-order valence-corrected chi connectivity index (χ2v) is 8.77. The molecule has 0 radical (unpaired) electrons. The SMILES string of the molecule is CCn1cnnc1CNc1nc(CN2CCCCC2)nc2scc(-c3ccccc3)c12. The highest BCUT2D eigenvalue weighted by Crippen LogP contribution is 2.37. The third-order valence-corrected chi connectivity index (χ3v) is 6.70. The van der Waals surface area contributed by atoms with Crippen LogP contribution in [0.3, 0.4) is 0 Å². The van der Waals surface area contributed by atoms with Crippen molar-refractivity contribution in [2.75, 3.05) is 18.4 Å². The zero-order chi connectivity index (χ0) is 21.0. The molecule has 1 saturated heterocycles. The van der Waals surface area contributed by atoms with E-state index in [0.29, 0.717) is 6.54 Å². The number of nitrogens with one attached hydrogen (secondary N) is 1. The van der Waals surface area contributed by atoms with Crippen LogP contribution >= 0.6 is 11.3 Å². The van der Waals surface area contributed by atoms with E-state index in [1.54, 1.807) is 17.7 Å². The summed E-state index contributed by atoms with van der Waals surface area (Å²) in [4.78, 5) is 13.4. The number of rotatable bonds is 7. The third-order valence-electron chi connectivity index (χ3n) is 5.83. The van der Waals surface area contributed by atoms with Crippen molar-refractivity contribution in [2.24, 2.45) is 0 Å². The van der Waals surface area contributed by atoms with Crippen LogP contribution in [0.5, 0.6) is 0 Å². The summed E-state index contributed by atoms with van der Waals surface area (Å²) in [6.07, 6.45) is 5.62. The molecule has 0 atom stereocenters. The standard InChI is InChI=1S/C23H27N7S/c1-2-30-16-25-28-20(30)13-24-22-21-18(17-9-5-3-6-10-17)15-31-23(21)27-19(26-22)14-29-11-7-4-8-12-29/h3,5-6,9-10,15-16H,2,4,7-8,11-14H2,1H3,(H,24,26,27). The molecule has 0 amide bonds. The molecule has 160 valence electrons. The van der Waals surface area contributed by atoms with Gasteiger partial charge in [-0.1, -0.05) is 36.8 Å². The highest BCUT2D eigenvalue weighted by Gasteiger charge is 2.18. The van der Waals surface area contributed by atoms with Crippen LogP contribution in [0.1, 0.15) is 37.8 Å². The van der Waals surface area contributed by atoms with Crippen LogP contribution in [-0.4, -0.2) is 42.7 Å². The van der Waals surface area contributed by atoms with E-state index in [2.05, 4.69) is 57.0 Å². The minimum absolute atomic E-state index is 0.577. The van der Waals surface area contributed by atoms with Crippen molar-refractivity contribution in [3.63, 3.8) is 0 Å². The van der Waals surface area contributed by atoms with E-state index in [0.717, 1.165) is 53.9 Å². The summed E-state index contributed by atoms with van der Waals surface area (Å²) in [5, 5.41) is 15.2. The number of thiophene rings is 1. The minimum atomic E-state index is 0.577. The van der Waals surface area contributed by atoms with E-state index in [-0.39, 0.29) is 0 Å². The van der Waals surface area contributed by atoms with Crippen molar-refractivity contribution >= 4 is 27.4 Å². The predicted molar refractivity (Wildman–Crippen MR) is 125 cm³/mol. The van der Waals surface area contributed by atoms with Crippen molar-refractivity contribution < 1.29 is 0 Å². The maximum Gasteiger partial charge on any atom is 0.152 e. The minimum Gasteiger partial charge on any atom is -0.362 e. The molecule has 0 spiro atoms. The Morgan fingerprint density at radius 3 is 2.71 bits per heavy atom. The zero-order valence-corrected chi connectivity index (χ0v) is 18.6. The fourth-order valence-electron chi connectivity index (χ4n) is 4.18. The van der Waals surface area contributed by atoms with Gasteiger partial charge in [0.25, 0.3) is 0 Å². The van der Waals surface area contributed by atoms with Gasteiger partial charge in [0.2, 0.25) is 0 Å². The van der Waals surface area contributed by atoms with Gasteiger partial charge >= 0.3 is 0 Å². The molecule has 4 heterocycles. The first-order chi connectivity index (χ1) is 15.3. The van der Waals surface area contributed by atoms with Crippen LogP contribution in [0.25, 0.3) is 21.3 Å². The van der Waals surface area contributed by atoms with E-state index in [1.807, 2.05) is 10.6 Å². The van der Waals surface area contributed by atoms with Gasteiger partial charge < -0.3 is 9.88 Å². The van der Waals surface area contributed by atoms with E-state index in [9.17, 15) is 0 Å². The molecular weight excluding hydrogens is 406 g/mol. The maximum atomic E-state index is 4.99. The van der Waals surface area contributed by atoms with E-state index in [4.69, 9.17) is 9.97 Å². The summed E-state index contributed by atoms with van der Waals surface area (Å²) in [6.45, 7) is 6.57. The van der Waals surface area contributed by atoms with Crippen LogP contribution in [0.4, 0.5) is 5.82 Å². The molecule has 0 unspecified atom stereocenters. The molecule has 4 aromatic rings. The summed E-state index contributed by atoms with van der Waals surface area (Å²) in [5.74, 6) is 2.67. The van der Waals surface area contributed by atoms with Crippen LogP contribution in [0, 0.1) is 0 Å². The van der Waals surface area contributed by atoms with Crippen LogP contribution in [0.15, 0.2) is 42.0 Å². The highest BCUT2D eigenvalue weighted by atomic mass is 32.1. The lowest BCUT2D eigenvalue weighted by atomic mass is 10.1. The lowest BCUT2D eigenvalue weighted by molar-refractivity contribution is 0.216. The average molecular weight is 434 g/mol. The molecular formula is C23H27N7S. The molecule has 1 aromatic carbocycles. The lowest BCUT2D eigenvalue weighted by Crippen LogP contribution is -2.30. The number of likely N-dealkylation sites (tertiary alicyclic amines) is 1. The Morgan fingerprint density at radius 2 is 1.90 bits per heavy atom. The van der Waals surface area contributed by atoms with Gasteiger partial charge in [0, 0.05) is 17.5 Å². The number of aromatic nitrogens is 5. The fourth-order valence-corrected chi connectivity index (χ4v) is 5.14. The van der Waals surface area contributed by atoms with Crippen molar-refractivity contribution in [3.8, 4) is 11.1 Å². The van der Waals surface area contributed by atoms with Crippen molar-refractivity contribution in [2.45, 2.75) is 45.8 Å². The van der Waals surface area contributed by atoms with E-state index >= 15 is 0 Å². The van der Waals surface area contributed by atoms with Crippen molar-refractivity contribution in [1.29, 1.82) is 0 Å². The van der Waals surface area contributed by atoms with Gasteiger partial charge in [-0.15, -0.1) is 21.5 Å². The second-order valence-electron chi connectivity index (χ2n) is 7.91. The summed E-state index contributed by atoms with van der Waals surface area (Å²) in [7, 11) is 0. The Labute approximate surface area is 186 Å². The quantitative estimate of drug-likeness (QED) is 0.460. The van der Waals surface area contributed by atoms with Gasteiger partial charge in [-0.2, -0.15) is 0 Å². The topological polar surface area (TPSA) is 71.8 Å². The van der Waals surface area contributed by atoms with Gasteiger partial charge in [-0.25, -0.2) is 9.97 Å². The summed E-state index contributed by atoms with van der Waals surface area (Å²) < 4.78 is 2.05. The molecule has 8 heteroatoms. The van der Waals surface area contributed by atoms with E-state index < -0.39 is 0 Å². The molecule has 3 aromatic heterocycles. The monoisotopic (exact) mass is 433 g/mol. The zero-order valence-electron chi connectivity index (χ0n) is 17.8. The number of nitrogens with zero attached hydrogens (tertiary/aromatic N) is 6. The van der Waals surface area contributed by atoms with Gasteiger partial charge in [-0.3, -0.25) is 4.90 Å². The maximum absolute atomic E-state index is 4.99.